The van der Waals surface area contributed by atoms with Crippen molar-refractivity contribution in [3.8, 4) is 18.2 Å². The molecular formula is C32H36BrN5OS2. The van der Waals surface area contributed by atoms with Crippen LogP contribution in [0.2, 0.25) is 0 Å². The molecule has 4 aromatic rings. The summed E-state index contributed by atoms with van der Waals surface area (Å²) in [4.78, 5) is 10.3. The zero-order valence-corrected chi connectivity index (χ0v) is 27.2. The lowest BCUT2D eigenvalue weighted by atomic mass is 9.91. The van der Waals surface area contributed by atoms with Gasteiger partial charge in [0.05, 0.1) is 41.2 Å². The van der Waals surface area contributed by atoms with E-state index in [2.05, 4.69) is 44.1 Å². The fourth-order valence-corrected chi connectivity index (χ4v) is 4.53. The van der Waals surface area contributed by atoms with Gasteiger partial charge in [-0.3, -0.25) is 4.98 Å². The van der Waals surface area contributed by atoms with Gasteiger partial charge in [0.25, 0.3) is 0 Å². The molecule has 0 bridgehead atoms. The molecule has 0 unspecified atom stereocenters. The van der Waals surface area contributed by atoms with Gasteiger partial charge in [-0.15, -0.1) is 22.7 Å². The zero-order valence-electron chi connectivity index (χ0n) is 24.0. The van der Waals surface area contributed by atoms with Crippen molar-refractivity contribution >= 4 is 38.6 Å². The Morgan fingerprint density at radius 2 is 1.39 bits per heavy atom. The van der Waals surface area contributed by atoms with E-state index in [0.717, 1.165) is 33.3 Å². The molecule has 0 aromatic carbocycles. The van der Waals surface area contributed by atoms with Crippen LogP contribution in [0.5, 0.6) is 0 Å². The summed E-state index contributed by atoms with van der Waals surface area (Å²) in [5, 5.41) is 29.6. The molecule has 1 saturated heterocycles. The molecule has 1 aliphatic rings. The number of ether oxygens (including phenoxy) is 1. The quantitative estimate of drug-likeness (QED) is 0.205. The Labute approximate surface area is 261 Å². The summed E-state index contributed by atoms with van der Waals surface area (Å²) in [5.41, 5.74) is 0.0394. The van der Waals surface area contributed by atoms with Crippen molar-refractivity contribution in [1.29, 1.82) is 15.8 Å². The van der Waals surface area contributed by atoms with Gasteiger partial charge in [0.2, 0.25) is 0 Å². The SMILES string of the molecule is Brc1ccccn1.C1CCOC1.CC(C)(C#N)c1ccccn1.CC(C)(C#N)c1cccs1.N#CCc1cccs1. The highest BCUT2D eigenvalue weighted by molar-refractivity contribution is 9.10. The van der Waals surface area contributed by atoms with E-state index in [9.17, 15) is 0 Å². The van der Waals surface area contributed by atoms with Gasteiger partial charge in [-0.05, 0) is 104 Å². The largest absolute Gasteiger partial charge is 0.381 e. The lowest BCUT2D eigenvalue weighted by molar-refractivity contribution is 0.198. The lowest BCUT2D eigenvalue weighted by Crippen LogP contribution is -2.15. The third kappa shape index (κ3) is 15.8. The number of nitriles is 3. The highest BCUT2D eigenvalue weighted by Gasteiger charge is 2.20. The lowest BCUT2D eigenvalue weighted by Gasteiger charge is -2.12. The van der Waals surface area contributed by atoms with Gasteiger partial charge in [-0.2, -0.15) is 15.8 Å². The summed E-state index contributed by atoms with van der Waals surface area (Å²) in [7, 11) is 0. The first-order chi connectivity index (χ1) is 19.7. The molecule has 4 aromatic heterocycles. The van der Waals surface area contributed by atoms with Crippen LogP contribution in [0.25, 0.3) is 0 Å². The van der Waals surface area contributed by atoms with Crippen molar-refractivity contribution in [3.63, 3.8) is 0 Å². The van der Waals surface area contributed by atoms with Crippen molar-refractivity contribution in [3.05, 3.63) is 104 Å². The first-order valence-corrected chi connectivity index (χ1v) is 15.5. The summed E-state index contributed by atoms with van der Waals surface area (Å²) in [5.74, 6) is 0. The molecule has 0 aliphatic carbocycles. The Hall–Kier alpha value is -3.39. The second kappa shape index (κ2) is 20.5. The van der Waals surface area contributed by atoms with Crippen LogP contribution < -0.4 is 0 Å². The summed E-state index contributed by atoms with van der Waals surface area (Å²) in [6, 6.07) is 25.7. The van der Waals surface area contributed by atoms with Crippen molar-refractivity contribution in [1.82, 2.24) is 9.97 Å². The number of thiophene rings is 2. The van der Waals surface area contributed by atoms with E-state index in [1.807, 2.05) is 99.1 Å². The van der Waals surface area contributed by atoms with Crippen LogP contribution >= 0.6 is 38.6 Å². The summed E-state index contributed by atoms with van der Waals surface area (Å²) >= 11 is 6.46. The fourth-order valence-electron chi connectivity index (χ4n) is 2.82. The fraction of sp³-hybridized carbons (Fsp3) is 0.344. The molecule has 5 rings (SSSR count). The molecule has 0 atom stereocenters. The first-order valence-electron chi connectivity index (χ1n) is 13.0. The van der Waals surface area contributed by atoms with E-state index >= 15 is 0 Å². The highest BCUT2D eigenvalue weighted by Crippen LogP contribution is 2.26. The van der Waals surface area contributed by atoms with Gasteiger partial charge in [0.1, 0.15) is 4.60 Å². The minimum atomic E-state index is -0.471. The minimum Gasteiger partial charge on any atom is -0.381 e. The van der Waals surface area contributed by atoms with E-state index in [0.29, 0.717) is 6.42 Å². The van der Waals surface area contributed by atoms with E-state index in [4.69, 9.17) is 20.5 Å². The maximum Gasteiger partial charge on any atom is 0.106 e. The molecule has 1 aliphatic heterocycles. The number of hydrogen-bond acceptors (Lipinski definition) is 8. The summed E-state index contributed by atoms with van der Waals surface area (Å²) < 4.78 is 5.83. The monoisotopic (exact) mass is 649 g/mol. The molecule has 0 N–H and O–H groups in total. The number of hydrogen-bond donors (Lipinski definition) is 0. The third-order valence-electron chi connectivity index (χ3n) is 5.29. The second-order valence-electron chi connectivity index (χ2n) is 9.55. The average molecular weight is 651 g/mol. The molecule has 214 valence electrons. The number of nitrogens with zero attached hydrogens (tertiary/aromatic N) is 5. The predicted molar refractivity (Wildman–Crippen MR) is 171 cm³/mol. The normalized spacial score (nSPS) is 11.6. The average Bonchev–Trinajstić information content (AvgIpc) is 3.81. The predicted octanol–water partition coefficient (Wildman–Crippen LogP) is 8.89. The van der Waals surface area contributed by atoms with Gasteiger partial charge in [-0.1, -0.05) is 24.3 Å². The zero-order chi connectivity index (χ0) is 30.4. The van der Waals surface area contributed by atoms with E-state index in [1.165, 1.54) is 12.8 Å². The molecule has 0 amide bonds. The first kappa shape index (κ1) is 35.6. The van der Waals surface area contributed by atoms with Crippen molar-refractivity contribution in [2.75, 3.05) is 13.2 Å². The highest BCUT2D eigenvalue weighted by atomic mass is 79.9. The van der Waals surface area contributed by atoms with Gasteiger partial charge in [-0.25, -0.2) is 4.98 Å². The van der Waals surface area contributed by atoms with E-state index < -0.39 is 5.41 Å². The number of pyridine rings is 2. The molecule has 1 fully saturated rings. The van der Waals surface area contributed by atoms with Crippen LogP contribution in [0.1, 0.15) is 56.0 Å². The molecular weight excluding hydrogens is 614 g/mol. The second-order valence-corrected chi connectivity index (χ2v) is 12.3. The van der Waals surface area contributed by atoms with Crippen molar-refractivity contribution in [2.45, 2.75) is 57.8 Å². The van der Waals surface area contributed by atoms with Gasteiger partial charge in [0.15, 0.2) is 0 Å². The Morgan fingerprint density at radius 3 is 1.76 bits per heavy atom. The number of aromatic nitrogens is 2. The Morgan fingerprint density at radius 1 is 0.780 bits per heavy atom. The van der Waals surface area contributed by atoms with Crippen molar-refractivity contribution in [2.24, 2.45) is 0 Å². The molecule has 5 heterocycles. The molecule has 0 spiro atoms. The van der Waals surface area contributed by atoms with E-state index in [1.54, 1.807) is 35.1 Å². The molecule has 6 nitrogen and oxygen atoms in total. The Kier molecular flexibility index (Phi) is 17.8. The number of rotatable bonds is 3. The minimum absolute atomic E-state index is 0.311. The molecule has 9 heteroatoms. The Bertz CT molecular complexity index is 1310. The third-order valence-corrected chi connectivity index (χ3v) is 7.83. The topological polar surface area (TPSA) is 106 Å². The summed E-state index contributed by atoms with van der Waals surface area (Å²) in [6.07, 6.45) is 6.55. The van der Waals surface area contributed by atoms with Crippen molar-refractivity contribution < 1.29 is 4.74 Å². The van der Waals surface area contributed by atoms with Crippen LogP contribution in [0.4, 0.5) is 0 Å². The van der Waals surface area contributed by atoms with Gasteiger partial charge >= 0.3 is 0 Å². The maximum atomic E-state index is 8.76. The van der Waals surface area contributed by atoms with Crippen LogP contribution in [0.3, 0.4) is 0 Å². The van der Waals surface area contributed by atoms with Gasteiger partial charge in [0, 0.05) is 35.4 Å². The Balaban J connectivity index is 0.000000262. The summed E-state index contributed by atoms with van der Waals surface area (Å²) in [6.45, 7) is 9.57. The van der Waals surface area contributed by atoms with Gasteiger partial charge < -0.3 is 4.74 Å². The molecule has 0 radical (unpaired) electrons. The van der Waals surface area contributed by atoms with Crippen LogP contribution in [-0.2, 0) is 22.0 Å². The van der Waals surface area contributed by atoms with Crippen LogP contribution in [0, 0.1) is 34.0 Å². The standard InChI is InChI=1S/C9H10N2.C8H9NS.C6H5NS.C5H4BrN.C4H8O/c1-9(2,7-10)8-5-3-4-6-11-8;1-8(2,6-9)7-4-3-5-10-7;7-4-3-6-2-1-5-8-6;6-5-3-1-2-4-7-5;1-2-4-5-3-1/h3-6H,1-2H3;3-5H,1-2H3;1-2,5H,3H2;1-4H;1-4H2. The molecule has 0 saturated carbocycles. The van der Waals surface area contributed by atoms with Crippen LogP contribution in [-0.4, -0.2) is 23.2 Å². The molecule has 41 heavy (non-hydrogen) atoms. The smallest absolute Gasteiger partial charge is 0.106 e. The van der Waals surface area contributed by atoms with E-state index in [-0.39, 0.29) is 5.41 Å². The van der Waals surface area contributed by atoms with Crippen LogP contribution in [0.15, 0.2) is 88.4 Å². The number of halogens is 1. The maximum absolute atomic E-state index is 8.76.